The summed E-state index contributed by atoms with van der Waals surface area (Å²) in [7, 11) is 0. The van der Waals surface area contributed by atoms with Crippen molar-refractivity contribution < 1.29 is 33.0 Å². The Bertz CT molecular complexity index is 1450. The van der Waals surface area contributed by atoms with Crippen molar-refractivity contribution in [3.63, 3.8) is 0 Å². The second-order valence-corrected chi connectivity index (χ2v) is 9.05. The monoisotopic (exact) mass is 519 g/mol. The number of alkyl halides is 1. The van der Waals surface area contributed by atoms with Crippen molar-refractivity contribution in [2.24, 2.45) is 0 Å². The minimum Gasteiger partial charge on any atom is -0.491 e. The molecule has 1 aliphatic rings. The SMILES string of the molecule is Cc1ccccc1Nc1nc2ccc(OCC(=O)N3C[C@@H](F)C[C@H]3COc3ccc(C(=O)O)cc3)cc2o1. The lowest BCUT2D eigenvalue weighted by Gasteiger charge is -2.24. The maximum absolute atomic E-state index is 14.2. The van der Waals surface area contributed by atoms with Crippen molar-refractivity contribution in [3.05, 3.63) is 77.9 Å². The summed E-state index contributed by atoms with van der Waals surface area (Å²) in [4.78, 5) is 29.7. The second-order valence-electron chi connectivity index (χ2n) is 9.05. The van der Waals surface area contributed by atoms with E-state index in [9.17, 15) is 14.0 Å². The normalized spacial score (nSPS) is 16.9. The number of para-hydroxylation sites is 1. The summed E-state index contributed by atoms with van der Waals surface area (Å²) in [5.74, 6) is -0.532. The van der Waals surface area contributed by atoms with Crippen LogP contribution in [0.3, 0.4) is 0 Å². The number of benzene rings is 3. The molecule has 9 nitrogen and oxygen atoms in total. The van der Waals surface area contributed by atoms with E-state index in [4.69, 9.17) is 19.0 Å². The number of rotatable bonds is 9. The third-order valence-corrected chi connectivity index (χ3v) is 6.34. The summed E-state index contributed by atoms with van der Waals surface area (Å²) in [6.45, 7) is 1.75. The molecule has 0 saturated carbocycles. The van der Waals surface area contributed by atoms with Gasteiger partial charge in [-0.1, -0.05) is 18.2 Å². The van der Waals surface area contributed by atoms with Gasteiger partial charge in [-0.25, -0.2) is 9.18 Å². The summed E-state index contributed by atoms with van der Waals surface area (Å²) in [6, 6.07) is 18.6. The molecular formula is C28H26FN3O6. The number of nitrogens with zero attached hydrogens (tertiary/aromatic N) is 2. The predicted molar refractivity (Wildman–Crippen MR) is 138 cm³/mol. The van der Waals surface area contributed by atoms with Gasteiger partial charge < -0.3 is 29.2 Å². The van der Waals surface area contributed by atoms with Crippen LogP contribution in [0.15, 0.2) is 71.1 Å². The van der Waals surface area contributed by atoms with Gasteiger partial charge in [0.1, 0.15) is 29.8 Å². The van der Waals surface area contributed by atoms with Gasteiger partial charge in [-0.3, -0.25) is 4.79 Å². The van der Waals surface area contributed by atoms with Crippen LogP contribution < -0.4 is 14.8 Å². The zero-order valence-corrected chi connectivity index (χ0v) is 20.6. The zero-order valence-electron chi connectivity index (χ0n) is 20.6. The number of halogens is 1. The lowest BCUT2D eigenvalue weighted by Crippen LogP contribution is -2.41. The van der Waals surface area contributed by atoms with Gasteiger partial charge in [0.05, 0.1) is 18.2 Å². The summed E-state index contributed by atoms with van der Waals surface area (Å²) >= 11 is 0. The van der Waals surface area contributed by atoms with Crippen LogP contribution in [0.4, 0.5) is 16.1 Å². The van der Waals surface area contributed by atoms with Gasteiger partial charge in [-0.2, -0.15) is 4.98 Å². The number of carboxylic acids is 1. The molecule has 0 spiro atoms. The topological polar surface area (TPSA) is 114 Å². The van der Waals surface area contributed by atoms with Crippen molar-refractivity contribution in [2.75, 3.05) is 25.1 Å². The Kier molecular flexibility index (Phi) is 7.12. The van der Waals surface area contributed by atoms with Crippen LogP contribution >= 0.6 is 0 Å². The molecule has 1 aromatic heterocycles. The quantitative estimate of drug-likeness (QED) is 0.319. The molecule has 1 fully saturated rings. The summed E-state index contributed by atoms with van der Waals surface area (Å²) in [5, 5.41) is 12.2. The predicted octanol–water partition coefficient (Wildman–Crippen LogP) is 4.97. The number of aryl methyl sites for hydroxylation is 1. The molecule has 0 aliphatic carbocycles. The molecule has 5 rings (SSSR count). The number of fused-ring (bicyclic) bond motifs is 1. The minimum atomic E-state index is -1.16. The fourth-order valence-corrected chi connectivity index (χ4v) is 4.31. The van der Waals surface area contributed by atoms with E-state index >= 15 is 0 Å². The Labute approximate surface area is 217 Å². The van der Waals surface area contributed by atoms with Crippen LogP contribution in [-0.4, -0.2) is 58.8 Å². The second kappa shape index (κ2) is 10.8. The Morgan fingerprint density at radius 1 is 1.11 bits per heavy atom. The molecule has 0 bridgehead atoms. The van der Waals surface area contributed by atoms with Gasteiger partial charge in [0.15, 0.2) is 12.2 Å². The average Bonchev–Trinajstić information content (AvgIpc) is 3.49. The van der Waals surface area contributed by atoms with E-state index in [0.717, 1.165) is 11.3 Å². The molecule has 1 saturated heterocycles. The highest BCUT2D eigenvalue weighted by Gasteiger charge is 2.36. The van der Waals surface area contributed by atoms with Gasteiger partial charge in [0, 0.05) is 18.2 Å². The summed E-state index contributed by atoms with van der Waals surface area (Å²) in [6.07, 6.45) is -1.01. The molecule has 4 aromatic rings. The molecule has 2 atom stereocenters. The Balaban J connectivity index is 1.18. The molecule has 2 N–H and O–H groups in total. The van der Waals surface area contributed by atoms with Gasteiger partial charge in [0.2, 0.25) is 0 Å². The number of anilines is 2. The third-order valence-electron chi connectivity index (χ3n) is 6.34. The number of carbonyl (C=O) groups excluding carboxylic acids is 1. The summed E-state index contributed by atoms with van der Waals surface area (Å²) < 4.78 is 31.4. The number of aromatic carboxylic acids is 1. The van der Waals surface area contributed by atoms with Crippen molar-refractivity contribution in [2.45, 2.75) is 25.6 Å². The zero-order chi connectivity index (χ0) is 26.6. The van der Waals surface area contributed by atoms with Crippen LogP contribution in [0.2, 0.25) is 0 Å². The average molecular weight is 520 g/mol. The Morgan fingerprint density at radius 2 is 1.87 bits per heavy atom. The number of hydrogen-bond donors (Lipinski definition) is 2. The molecule has 38 heavy (non-hydrogen) atoms. The molecule has 3 aromatic carbocycles. The fraction of sp³-hybridized carbons (Fsp3) is 0.250. The number of ether oxygens (including phenoxy) is 2. The van der Waals surface area contributed by atoms with E-state index in [1.54, 1.807) is 18.2 Å². The highest BCUT2D eigenvalue weighted by Crippen LogP contribution is 2.27. The van der Waals surface area contributed by atoms with Crippen LogP contribution in [0, 0.1) is 6.92 Å². The molecule has 196 valence electrons. The first-order valence-corrected chi connectivity index (χ1v) is 12.1. The van der Waals surface area contributed by atoms with Gasteiger partial charge in [-0.05, 0) is 55.0 Å². The van der Waals surface area contributed by atoms with Crippen LogP contribution in [0.25, 0.3) is 11.1 Å². The minimum absolute atomic E-state index is 0.0384. The van der Waals surface area contributed by atoms with Gasteiger partial charge in [0.25, 0.3) is 11.9 Å². The molecule has 2 heterocycles. The Morgan fingerprint density at radius 3 is 2.63 bits per heavy atom. The van der Waals surface area contributed by atoms with E-state index < -0.39 is 18.2 Å². The maximum atomic E-state index is 14.2. The Hall–Kier alpha value is -4.60. The largest absolute Gasteiger partial charge is 0.491 e. The highest BCUT2D eigenvalue weighted by atomic mass is 19.1. The van der Waals surface area contributed by atoms with E-state index in [1.807, 2.05) is 31.2 Å². The van der Waals surface area contributed by atoms with Crippen molar-refractivity contribution in [1.82, 2.24) is 9.88 Å². The van der Waals surface area contributed by atoms with Gasteiger partial charge >= 0.3 is 5.97 Å². The van der Waals surface area contributed by atoms with Crippen molar-refractivity contribution in [3.8, 4) is 11.5 Å². The lowest BCUT2D eigenvalue weighted by atomic mass is 10.2. The van der Waals surface area contributed by atoms with E-state index in [0.29, 0.717) is 28.6 Å². The summed E-state index contributed by atoms with van der Waals surface area (Å²) in [5.41, 5.74) is 3.20. The lowest BCUT2D eigenvalue weighted by molar-refractivity contribution is -0.134. The maximum Gasteiger partial charge on any atom is 0.335 e. The number of likely N-dealkylation sites (tertiary alicyclic amines) is 1. The van der Waals surface area contributed by atoms with Crippen molar-refractivity contribution >= 4 is 34.7 Å². The highest BCUT2D eigenvalue weighted by molar-refractivity contribution is 5.87. The number of hydrogen-bond acceptors (Lipinski definition) is 7. The fourth-order valence-electron chi connectivity index (χ4n) is 4.31. The van der Waals surface area contributed by atoms with E-state index in [1.165, 1.54) is 29.2 Å². The first-order chi connectivity index (χ1) is 18.4. The third kappa shape index (κ3) is 5.69. The van der Waals surface area contributed by atoms with Crippen LogP contribution in [0.1, 0.15) is 22.3 Å². The number of carbonyl (C=O) groups is 2. The number of aromatic nitrogens is 1. The number of oxazole rings is 1. The molecule has 10 heteroatoms. The number of nitrogens with one attached hydrogen (secondary N) is 1. The number of carboxylic acid groups (broad SMARTS) is 1. The standard InChI is InChI=1S/C28H26FN3O6/c1-17-4-2-3-5-23(17)30-28-31-24-11-10-22(13-25(24)38-28)37-16-26(33)32-14-19(29)12-20(32)15-36-21-8-6-18(7-9-21)27(34)35/h2-11,13,19-20H,12,14-16H2,1H3,(H,30,31)(H,34,35)/t19-,20-/m0/s1. The van der Waals surface area contributed by atoms with Gasteiger partial charge in [-0.15, -0.1) is 0 Å². The van der Waals surface area contributed by atoms with E-state index in [-0.39, 0.29) is 37.6 Å². The molecule has 0 radical (unpaired) electrons. The van der Waals surface area contributed by atoms with E-state index in [2.05, 4.69) is 10.3 Å². The molecule has 0 unspecified atom stereocenters. The molecule has 1 aliphatic heterocycles. The first-order valence-electron chi connectivity index (χ1n) is 12.1. The van der Waals surface area contributed by atoms with Crippen LogP contribution in [-0.2, 0) is 4.79 Å². The first kappa shape index (κ1) is 25.1. The van der Waals surface area contributed by atoms with Crippen molar-refractivity contribution in [1.29, 1.82) is 0 Å². The molecular weight excluding hydrogens is 493 g/mol. The van der Waals surface area contributed by atoms with Crippen LogP contribution in [0.5, 0.6) is 11.5 Å². The number of amides is 1. The smallest absolute Gasteiger partial charge is 0.335 e. The molecule has 1 amide bonds.